The first-order valence-corrected chi connectivity index (χ1v) is 20.2. The molecule has 0 unspecified atom stereocenters. The number of carbonyl (C=O) groups is 3. The molecule has 320 valence electrons. The van der Waals surface area contributed by atoms with Gasteiger partial charge >= 0.3 is 6.09 Å². The molecule has 1 aliphatic rings. The van der Waals surface area contributed by atoms with Crippen LogP contribution in [0.15, 0.2) is 24.3 Å². The van der Waals surface area contributed by atoms with Gasteiger partial charge in [0.15, 0.2) is 22.5 Å². The Hall–Kier alpha value is -3.84. The van der Waals surface area contributed by atoms with Gasteiger partial charge < -0.3 is 62.1 Å². The Kier molecular flexibility index (Phi) is 20.2. The van der Waals surface area contributed by atoms with Gasteiger partial charge in [0.1, 0.15) is 18.3 Å². The molecule has 18 heteroatoms. The van der Waals surface area contributed by atoms with Crippen molar-refractivity contribution in [1.29, 1.82) is 0 Å². The van der Waals surface area contributed by atoms with E-state index < -0.39 is 43.0 Å². The standard InChI is InChI=1S/C39H63ClN8O9/c1-3-4-5-8-15-46(23-29(50)33(53)34(54)30(51)24-49)16-9-12-31(52)47-17-13-26(14-18-47)21-48(39(56)57)22-27(19-28-11-7-6-10-25(28)2)20-43-38(55)32-36(41)45-37(42)35(40)44-32/h6-7,10-11,26-27,29-30,33-34,49-51,53-54H,3-5,8-9,12-24H2,1-2H3,(H,43,55)(H,56,57)(H4,41,42,45)/t27-,29-,30+,33+,34+/m0/s1. The molecule has 3 rings (SSSR count). The molecule has 5 atom stereocenters. The Bertz CT molecular complexity index is 1570. The van der Waals surface area contributed by atoms with Crippen LogP contribution in [0, 0.1) is 18.8 Å². The number of anilines is 2. The molecule has 1 aliphatic heterocycles. The summed E-state index contributed by atoms with van der Waals surface area (Å²) in [6.07, 6.45) is -0.908. The van der Waals surface area contributed by atoms with Crippen LogP contribution >= 0.6 is 11.6 Å². The number of carboxylic acid groups (broad SMARTS) is 1. The Morgan fingerprint density at radius 3 is 2.26 bits per heavy atom. The summed E-state index contributed by atoms with van der Waals surface area (Å²) in [5, 5.41) is 62.7. The van der Waals surface area contributed by atoms with Crippen LogP contribution in [-0.2, 0) is 11.2 Å². The number of benzene rings is 1. The maximum atomic E-state index is 13.2. The topological polar surface area (TPSA) is 272 Å². The van der Waals surface area contributed by atoms with E-state index in [2.05, 4.69) is 22.2 Å². The number of halogens is 1. The van der Waals surface area contributed by atoms with Crippen LogP contribution in [0.4, 0.5) is 16.4 Å². The van der Waals surface area contributed by atoms with Gasteiger partial charge in [-0.15, -0.1) is 0 Å². The third-order valence-corrected chi connectivity index (χ3v) is 10.9. The van der Waals surface area contributed by atoms with Crippen LogP contribution in [0.1, 0.15) is 79.9 Å². The summed E-state index contributed by atoms with van der Waals surface area (Å²) < 4.78 is 0. The lowest BCUT2D eigenvalue weighted by Crippen LogP contribution is -2.50. The summed E-state index contributed by atoms with van der Waals surface area (Å²) in [4.78, 5) is 51.8. The molecule has 0 bridgehead atoms. The normalized spacial score (nSPS) is 16.2. The molecule has 1 saturated heterocycles. The number of nitrogen functional groups attached to an aromatic ring is 2. The quantitative estimate of drug-likeness (QED) is 0.0680. The molecule has 1 aromatic heterocycles. The van der Waals surface area contributed by atoms with Crippen LogP contribution in [-0.4, -0.2) is 157 Å². The molecular weight excluding hydrogens is 760 g/mol. The molecule has 1 aromatic carbocycles. The van der Waals surface area contributed by atoms with Crippen molar-refractivity contribution in [2.75, 3.05) is 70.4 Å². The van der Waals surface area contributed by atoms with Gasteiger partial charge in [-0.25, -0.2) is 14.8 Å². The molecular formula is C39H63ClN8O9. The highest BCUT2D eigenvalue weighted by molar-refractivity contribution is 6.31. The van der Waals surface area contributed by atoms with Gasteiger partial charge in [0.05, 0.1) is 12.7 Å². The van der Waals surface area contributed by atoms with Crippen LogP contribution in [0.5, 0.6) is 0 Å². The lowest BCUT2D eigenvalue weighted by atomic mass is 9.93. The average molecular weight is 823 g/mol. The number of nitrogens with zero attached hydrogens (tertiary/aromatic N) is 5. The van der Waals surface area contributed by atoms with E-state index in [9.17, 15) is 39.9 Å². The number of rotatable bonds is 24. The SMILES string of the molecule is CCCCCCN(CCCC(=O)N1CCC(CN(C[C@H](CNC(=O)c2nc(Cl)c(N)nc2N)Cc2ccccc2C)C(=O)O)CC1)C[C@H](O)[C@@H](O)[C@H](O)[C@H](O)CO. The fourth-order valence-corrected chi connectivity index (χ4v) is 7.23. The number of hydrogen-bond acceptors (Lipinski definition) is 13. The molecule has 0 aliphatic carbocycles. The molecule has 0 spiro atoms. The van der Waals surface area contributed by atoms with Crippen LogP contribution in [0.25, 0.3) is 0 Å². The number of hydrogen-bond donors (Lipinski definition) is 9. The molecule has 0 saturated carbocycles. The van der Waals surface area contributed by atoms with Gasteiger partial charge in [0.25, 0.3) is 5.91 Å². The van der Waals surface area contributed by atoms with E-state index in [1.807, 2.05) is 36.1 Å². The van der Waals surface area contributed by atoms with Crippen molar-refractivity contribution in [2.45, 2.75) is 96.1 Å². The zero-order valence-electron chi connectivity index (χ0n) is 33.2. The summed E-state index contributed by atoms with van der Waals surface area (Å²) >= 11 is 5.98. The second kappa shape index (κ2) is 24.2. The first-order valence-electron chi connectivity index (χ1n) is 19.9. The first kappa shape index (κ1) is 47.5. The highest BCUT2D eigenvalue weighted by Gasteiger charge is 2.32. The van der Waals surface area contributed by atoms with Gasteiger partial charge in [-0.05, 0) is 75.1 Å². The molecule has 2 heterocycles. The van der Waals surface area contributed by atoms with Crippen molar-refractivity contribution in [3.8, 4) is 0 Å². The van der Waals surface area contributed by atoms with Crippen molar-refractivity contribution >= 4 is 41.1 Å². The molecule has 11 N–H and O–H groups in total. The Morgan fingerprint density at radius 1 is 0.947 bits per heavy atom. The van der Waals surface area contributed by atoms with Crippen LogP contribution < -0.4 is 16.8 Å². The van der Waals surface area contributed by atoms with Crippen LogP contribution in [0.2, 0.25) is 5.15 Å². The van der Waals surface area contributed by atoms with Crippen molar-refractivity contribution in [1.82, 2.24) is 30.0 Å². The Balaban J connectivity index is 1.56. The number of aromatic nitrogens is 2. The van der Waals surface area contributed by atoms with E-state index in [0.717, 1.165) is 36.8 Å². The summed E-state index contributed by atoms with van der Waals surface area (Å²) in [6.45, 7) is 5.97. The second-order valence-electron chi connectivity index (χ2n) is 15.1. The number of nitrogens with one attached hydrogen (secondary N) is 1. The van der Waals surface area contributed by atoms with E-state index in [4.69, 9.17) is 28.2 Å². The summed E-state index contributed by atoms with van der Waals surface area (Å²) in [5.41, 5.74) is 13.4. The predicted octanol–water partition coefficient (Wildman–Crippen LogP) is 1.51. The van der Waals surface area contributed by atoms with Gasteiger partial charge in [0, 0.05) is 45.7 Å². The fraction of sp³-hybridized carbons (Fsp3) is 0.667. The fourth-order valence-electron chi connectivity index (χ4n) is 7.10. The van der Waals surface area contributed by atoms with E-state index in [1.54, 1.807) is 4.90 Å². The highest BCUT2D eigenvalue weighted by Crippen LogP contribution is 2.23. The maximum Gasteiger partial charge on any atom is 0.407 e. The molecule has 57 heavy (non-hydrogen) atoms. The Labute approximate surface area is 340 Å². The second-order valence-corrected chi connectivity index (χ2v) is 15.5. The molecule has 3 amide bonds. The van der Waals surface area contributed by atoms with Crippen molar-refractivity contribution in [3.05, 3.63) is 46.2 Å². The number of carbonyl (C=O) groups excluding carboxylic acids is 2. The molecule has 0 radical (unpaired) electrons. The summed E-state index contributed by atoms with van der Waals surface area (Å²) in [6, 6.07) is 7.79. The maximum absolute atomic E-state index is 13.2. The van der Waals surface area contributed by atoms with Crippen molar-refractivity contribution in [2.24, 2.45) is 11.8 Å². The minimum atomic E-state index is -1.70. The number of aryl methyl sites for hydroxylation is 1. The van der Waals surface area contributed by atoms with Crippen molar-refractivity contribution < 1.29 is 45.0 Å². The van der Waals surface area contributed by atoms with Gasteiger partial charge in [-0.3, -0.25) is 9.59 Å². The third kappa shape index (κ3) is 15.5. The Morgan fingerprint density at radius 2 is 1.61 bits per heavy atom. The van der Waals surface area contributed by atoms with E-state index >= 15 is 0 Å². The van der Waals surface area contributed by atoms with E-state index in [-0.39, 0.29) is 72.8 Å². The molecule has 17 nitrogen and oxygen atoms in total. The van der Waals surface area contributed by atoms with Crippen molar-refractivity contribution in [3.63, 3.8) is 0 Å². The summed E-state index contributed by atoms with van der Waals surface area (Å²) in [5.74, 6) is -1.18. The zero-order valence-corrected chi connectivity index (χ0v) is 33.9. The minimum Gasteiger partial charge on any atom is -0.465 e. The lowest BCUT2D eigenvalue weighted by Gasteiger charge is -2.35. The van der Waals surface area contributed by atoms with Crippen LogP contribution in [0.3, 0.4) is 0 Å². The van der Waals surface area contributed by atoms with Gasteiger partial charge in [-0.1, -0.05) is 62.1 Å². The number of nitrogens with two attached hydrogens (primary N) is 2. The first-order chi connectivity index (χ1) is 27.1. The number of unbranched alkanes of at least 4 members (excludes halogenated alkanes) is 3. The predicted molar refractivity (Wildman–Crippen MR) is 216 cm³/mol. The largest absolute Gasteiger partial charge is 0.465 e. The number of aliphatic hydroxyl groups excluding tert-OH is 5. The molecule has 2 aromatic rings. The van der Waals surface area contributed by atoms with Gasteiger partial charge in [-0.2, -0.15) is 0 Å². The third-order valence-electron chi connectivity index (χ3n) is 10.6. The van der Waals surface area contributed by atoms with E-state index in [0.29, 0.717) is 51.9 Å². The smallest absolute Gasteiger partial charge is 0.407 e. The number of likely N-dealkylation sites (tertiary alicyclic amines) is 1. The van der Waals surface area contributed by atoms with E-state index in [1.165, 1.54) is 4.90 Å². The minimum absolute atomic E-state index is 0.0155. The summed E-state index contributed by atoms with van der Waals surface area (Å²) in [7, 11) is 0. The lowest BCUT2D eigenvalue weighted by molar-refractivity contribution is -0.133. The number of piperidine rings is 1. The zero-order chi connectivity index (χ0) is 42.1. The average Bonchev–Trinajstić information content (AvgIpc) is 3.19. The molecule has 1 fully saturated rings. The monoisotopic (exact) mass is 822 g/mol. The van der Waals surface area contributed by atoms with Gasteiger partial charge in [0.2, 0.25) is 5.91 Å². The number of amides is 3. The number of aliphatic hydroxyl groups is 5. The highest BCUT2D eigenvalue weighted by atomic mass is 35.5.